The lowest BCUT2D eigenvalue weighted by atomic mass is 9.92. The van der Waals surface area contributed by atoms with Crippen LogP contribution in [0.2, 0.25) is 0 Å². The first-order valence-corrected chi connectivity index (χ1v) is 9.10. The maximum Gasteiger partial charge on any atom is 0.330 e. The van der Waals surface area contributed by atoms with Crippen LogP contribution in [0.4, 0.5) is 0 Å². The van der Waals surface area contributed by atoms with Crippen LogP contribution < -0.4 is 0 Å². The standard InChI is InChI=1S/C19H26O11/c1-10(20)26-9-15-18(28-12(3)22)19(29-13(4)23)17(27-11(2)21)14(30-15)7-6-8-16(24)25-5/h6,8,14-15,17-19H,7,9H2,1-5H3/b8-6+/t14-,15-,17-,18-,19-/m1/s1. The van der Waals surface area contributed by atoms with Crippen molar-refractivity contribution in [3.8, 4) is 0 Å². The van der Waals surface area contributed by atoms with Gasteiger partial charge >= 0.3 is 29.8 Å². The Hall–Kier alpha value is -2.95. The van der Waals surface area contributed by atoms with E-state index < -0.39 is 60.4 Å². The Morgan fingerprint density at radius 2 is 1.27 bits per heavy atom. The van der Waals surface area contributed by atoms with Crippen LogP contribution in [0.25, 0.3) is 0 Å². The molecule has 0 spiro atoms. The summed E-state index contributed by atoms with van der Waals surface area (Å²) in [4.78, 5) is 57.5. The fourth-order valence-electron chi connectivity index (χ4n) is 2.87. The summed E-state index contributed by atoms with van der Waals surface area (Å²) >= 11 is 0. The van der Waals surface area contributed by atoms with Crippen LogP contribution >= 0.6 is 0 Å². The molecule has 168 valence electrons. The molecule has 0 N–H and O–H groups in total. The second-order valence-corrected chi connectivity index (χ2v) is 6.40. The highest BCUT2D eigenvalue weighted by molar-refractivity contribution is 5.81. The van der Waals surface area contributed by atoms with E-state index in [1.165, 1.54) is 20.1 Å². The summed E-state index contributed by atoms with van der Waals surface area (Å²) in [6.45, 7) is 4.30. The summed E-state index contributed by atoms with van der Waals surface area (Å²) in [5, 5.41) is 0. The maximum absolute atomic E-state index is 11.7. The quantitative estimate of drug-likeness (QED) is 0.297. The predicted molar refractivity (Wildman–Crippen MR) is 97.7 cm³/mol. The van der Waals surface area contributed by atoms with Crippen LogP contribution in [0.5, 0.6) is 0 Å². The zero-order chi connectivity index (χ0) is 22.8. The summed E-state index contributed by atoms with van der Waals surface area (Å²) in [6, 6.07) is 0. The van der Waals surface area contributed by atoms with Gasteiger partial charge in [0.1, 0.15) is 18.8 Å². The first-order valence-electron chi connectivity index (χ1n) is 9.10. The molecule has 0 amide bonds. The Morgan fingerprint density at radius 1 is 0.767 bits per heavy atom. The predicted octanol–water partition coefficient (Wildman–Crippen LogP) is 0.231. The summed E-state index contributed by atoms with van der Waals surface area (Å²) < 4.78 is 31.2. The highest BCUT2D eigenvalue weighted by Crippen LogP contribution is 2.31. The van der Waals surface area contributed by atoms with Gasteiger partial charge < -0.3 is 28.4 Å². The molecular weight excluding hydrogens is 404 g/mol. The van der Waals surface area contributed by atoms with E-state index in [1.807, 2.05) is 0 Å². The van der Waals surface area contributed by atoms with E-state index in [1.54, 1.807) is 0 Å². The van der Waals surface area contributed by atoms with Crippen molar-refractivity contribution in [3.63, 3.8) is 0 Å². The molecule has 1 heterocycles. The Morgan fingerprint density at radius 3 is 1.73 bits per heavy atom. The summed E-state index contributed by atoms with van der Waals surface area (Å²) in [7, 11) is 1.21. The molecule has 1 aliphatic rings. The van der Waals surface area contributed by atoms with Gasteiger partial charge in [0.25, 0.3) is 0 Å². The molecule has 1 saturated heterocycles. The van der Waals surface area contributed by atoms with Gasteiger partial charge in [-0.3, -0.25) is 19.2 Å². The Bertz CT molecular complexity index is 684. The van der Waals surface area contributed by atoms with Gasteiger partial charge in [0.15, 0.2) is 18.3 Å². The molecule has 0 aromatic carbocycles. The van der Waals surface area contributed by atoms with Gasteiger partial charge in [-0.1, -0.05) is 6.08 Å². The molecule has 0 bridgehead atoms. The fourth-order valence-corrected chi connectivity index (χ4v) is 2.87. The molecule has 11 nitrogen and oxygen atoms in total. The average Bonchev–Trinajstić information content (AvgIpc) is 2.63. The molecule has 1 fully saturated rings. The number of methoxy groups -OCH3 is 1. The topological polar surface area (TPSA) is 141 Å². The van der Waals surface area contributed by atoms with Crippen LogP contribution in [0.15, 0.2) is 12.2 Å². The number of carbonyl (C=O) groups excluding carboxylic acids is 5. The minimum atomic E-state index is -1.24. The van der Waals surface area contributed by atoms with Crippen molar-refractivity contribution in [1.29, 1.82) is 0 Å². The molecule has 11 heteroatoms. The molecule has 0 unspecified atom stereocenters. The maximum atomic E-state index is 11.7. The number of hydrogen-bond donors (Lipinski definition) is 0. The Kier molecular flexibility index (Phi) is 9.96. The highest BCUT2D eigenvalue weighted by atomic mass is 16.7. The van der Waals surface area contributed by atoms with Gasteiger partial charge in [-0.2, -0.15) is 0 Å². The molecule has 0 aromatic rings. The van der Waals surface area contributed by atoms with Gasteiger partial charge in [0, 0.05) is 33.8 Å². The lowest BCUT2D eigenvalue weighted by Gasteiger charge is -2.44. The van der Waals surface area contributed by atoms with Gasteiger partial charge in [0.2, 0.25) is 0 Å². The van der Waals surface area contributed by atoms with Crippen molar-refractivity contribution in [3.05, 3.63) is 12.2 Å². The van der Waals surface area contributed by atoms with Crippen LogP contribution in [-0.4, -0.2) is 74.1 Å². The van der Waals surface area contributed by atoms with E-state index in [2.05, 4.69) is 4.74 Å². The Balaban J connectivity index is 3.28. The lowest BCUT2D eigenvalue weighted by molar-refractivity contribution is -0.251. The molecule has 0 radical (unpaired) electrons. The number of rotatable bonds is 8. The van der Waals surface area contributed by atoms with Crippen molar-refractivity contribution >= 4 is 29.8 Å². The average molecular weight is 430 g/mol. The minimum Gasteiger partial charge on any atom is -0.466 e. The van der Waals surface area contributed by atoms with E-state index in [4.69, 9.17) is 23.7 Å². The smallest absolute Gasteiger partial charge is 0.330 e. The van der Waals surface area contributed by atoms with E-state index >= 15 is 0 Å². The normalized spacial score (nSPS) is 25.8. The third-order valence-corrected chi connectivity index (χ3v) is 3.91. The van der Waals surface area contributed by atoms with Gasteiger partial charge in [-0.25, -0.2) is 4.79 Å². The number of hydrogen-bond acceptors (Lipinski definition) is 11. The third-order valence-electron chi connectivity index (χ3n) is 3.91. The third kappa shape index (κ3) is 8.19. The monoisotopic (exact) mass is 430 g/mol. The van der Waals surface area contributed by atoms with Crippen molar-refractivity contribution in [2.75, 3.05) is 13.7 Å². The van der Waals surface area contributed by atoms with Crippen molar-refractivity contribution in [1.82, 2.24) is 0 Å². The van der Waals surface area contributed by atoms with E-state index in [0.29, 0.717) is 0 Å². The van der Waals surface area contributed by atoms with Gasteiger partial charge in [-0.05, 0) is 6.42 Å². The second-order valence-electron chi connectivity index (χ2n) is 6.40. The van der Waals surface area contributed by atoms with Crippen LogP contribution in [0.1, 0.15) is 34.1 Å². The molecule has 1 rings (SSSR count). The molecule has 5 atom stereocenters. The summed E-state index contributed by atoms with van der Waals surface area (Å²) in [5.41, 5.74) is 0. The first kappa shape index (κ1) is 25.1. The molecular formula is C19H26O11. The number of ether oxygens (including phenoxy) is 6. The zero-order valence-electron chi connectivity index (χ0n) is 17.4. The zero-order valence-corrected chi connectivity index (χ0v) is 17.4. The molecule has 0 saturated carbocycles. The van der Waals surface area contributed by atoms with Crippen LogP contribution in [0.3, 0.4) is 0 Å². The fraction of sp³-hybridized carbons (Fsp3) is 0.632. The number of carbonyl (C=O) groups is 5. The van der Waals surface area contributed by atoms with Crippen LogP contribution in [0, 0.1) is 0 Å². The largest absolute Gasteiger partial charge is 0.466 e. The second kappa shape index (κ2) is 11.9. The van der Waals surface area contributed by atoms with Crippen molar-refractivity contribution < 1.29 is 52.4 Å². The number of esters is 5. The van der Waals surface area contributed by atoms with Crippen molar-refractivity contribution in [2.24, 2.45) is 0 Å². The van der Waals surface area contributed by atoms with Gasteiger partial charge in [-0.15, -0.1) is 0 Å². The summed E-state index contributed by atoms with van der Waals surface area (Å²) in [5.74, 6) is -3.33. The van der Waals surface area contributed by atoms with E-state index in [9.17, 15) is 24.0 Å². The highest BCUT2D eigenvalue weighted by Gasteiger charge is 2.51. The van der Waals surface area contributed by atoms with E-state index in [0.717, 1.165) is 26.8 Å². The molecule has 0 aromatic heterocycles. The van der Waals surface area contributed by atoms with E-state index in [-0.39, 0.29) is 13.0 Å². The lowest BCUT2D eigenvalue weighted by Crippen LogP contribution is -2.62. The summed E-state index contributed by atoms with van der Waals surface area (Å²) in [6.07, 6.45) is -2.92. The Labute approximate surface area is 173 Å². The van der Waals surface area contributed by atoms with Gasteiger partial charge in [0.05, 0.1) is 7.11 Å². The molecule has 30 heavy (non-hydrogen) atoms. The minimum absolute atomic E-state index is 0.0498. The SMILES string of the molecule is COC(=O)/C=C/C[C@H]1O[C@H](COC(C)=O)[C@@H](OC(C)=O)[C@H](OC(C)=O)[C@@H]1OC(C)=O. The molecule has 1 aliphatic heterocycles. The molecule has 0 aliphatic carbocycles. The first-order chi connectivity index (χ1) is 14.0. The van der Waals surface area contributed by atoms with Crippen LogP contribution in [-0.2, 0) is 52.4 Å². The van der Waals surface area contributed by atoms with Crippen molar-refractivity contribution in [2.45, 2.75) is 64.6 Å².